The van der Waals surface area contributed by atoms with E-state index in [0.717, 1.165) is 39.5 Å². The number of methoxy groups -OCH3 is 2. The van der Waals surface area contributed by atoms with Crippen molar-refractivity contribution in [3.8, 4) is 17.2 Å². The van der Waals surface area contributed by atoms with Gasteiger partial charge in [0.25, 0.3) is 5.91 Å². The summed E-state index contributed by atoms with van der Waals surface area (Å²) in [7, 11) is 3.21. The molecule has 0 saturated carbocycles. The highest BCUT2D eigenvalue weighted by Gasteiger charge is 2.41. The van der Waals surface area contributed by atoms with Crippen LogP contribution in [0.1, 0.15) is 55.2 Å². The van der Waals surface area contributed by atoms with E-state index in [4.69, 9.17) is 14.2 Å². The van der Waals surface area contributed by atoms with Crippen LogP contribution < -0.4 is 24.8 Å². The van der Waals surface area contributed by atoms with Gasteiger partial charge < -0.3 is 24.8 Å². The SMILES string of the molecule is CCOc1ccc([C@@H]2C(C(=O)Nc3ccccc3C)=C(C)NC3=C2C(=O)C[C@@H](c2ccc(OC)c(OC)c2)C3)cc1. The molecule has 0 saturated heterocycles. The van der Waals surface area contributed by atoms with Crippen LogP contribution in [0.4, 0.5) is 5.69 Å². The Bertz CT molecular complexity index is 1540. The van der Waals surface area contributed by atoms with Crippen molar-refractivity contribution in [2.45, 2.75) is 45.4 Å². The van der Waals surface area contributed by atoms with Gasteiger partial charge in [-0.05, 0) is 80.1 Å². The number of anilines is 1. The molecule has 0 fully saturated rings. The molecule has 0 bridgehead atoms. The lowest BCUT2D eigenvalue weighted by Crippen LogP contribution is -2.37. The molecule has 1 amide bonds. The van der Waals surface area contributed by atoms with Gasteiger partial charge in [0, 0.05) is 40.6 Å². The molecule has 5 rings (SSSR count). The third kappa shape index (κ3) is 5.57. The summed E-state index contributed by atoms with van der Waals surface area (Å²) in [5.74, 6) is 1.26. The Labute approximate surface area is 241 Å². The first-order valence-corrected chi connectivity index (χ1v) is 13.9. The molecule has 0 spiro atoms. The molecular weight excluding hydrogens is 516 g/mol. The molecule has 41 heavy (non-hydrogen) atoms. The average molecular weight is 553 g/mol. The molecule has 2 atom stereocenters. The van der Waals surface area contributed by atoms with Crippen LogP contribution in [0.15, 0.2) is 89.3 Å². The summed E-state index contributed by atoms with van der Waals surface area (Å²) >= 11 is 0. The molecule has 0 aromatic heterocycles. The van der Waals surface area contributed by atoms with Crippen LogP contribution in [0.5, 0.6) is 17.2 Å². The maximum atomic E-state index is 14.0. The quantitative estimate of drug-likeness (QED) is 0.336. The number of allylic oxidation sites excluding steroid dienone is 3. The first-order valence-electron chi connectivity index (χ1n) is 13.9. The number of ketones is 1. The van der Waals surface area contributed by atoms with Crippen molar-refractivity contribution in [3.05, 3.63) is 106 Å². The van der Waals surface area contributed by atoms with Crippen molar-refractivity contribution in [2.24, 2.45) is 0 Å². The number of benzene rings is 3. The number of ether oxygens (including phenoxy) is 3. The van der Waals surface area contributed by atoms with E-state index in [1.807, 2.05) is 87.5 Å². The summed E-state index contributed by atoms with van der Waals surface area (Å²) in [6, 6.07) is 21.2. The fraction of sp³-hybridized carbons (Fsp3) is 0.294. The Hall–Kier alpha value is -4.52. The summed E-state index contributed by atoms with van der Waals surface area (Å²) in [5, 5.41) is 6.55. The van der Waals surface area contributed by atoms with Crippen molar-refractivity contribution in [1.82, 2.24) is 5.32 Å². The Morgan fingerprint density at radius 3 is 2.32 bits per heavy atom. The summed E-state index contributed by atoms with van der Waals surface area (Å²) in [6.45, 7) is 6.36. The molecule has 1 aliphatic carbocycles. The number of carbonyl (C=O) groups is 2. The van der Waals surface area contributed by atoms with Crippen LogP contribution in [0.25, 0.3) is 0 Å². The highest BCUT2D eigenvalue weighted by atomic mass is 16.5. The zero-order valence-corrected chi connectivity index (χ0v) is 24.2. The van der Waals surface area contributed by atoms with Gasteiger partial charge in [0.1, 0.15) is 5.75 Å². The largest absolute Gasteiger partial charge is 0.494 e. The maximum absolute atomic E-state index is 14.0. The molecule has 3 aromatic rings. The molecule has 2 N–H and O–H groups in total. The van der Waals surface area contributed by atoms with Gasteiger partial charge >= 0.3 is 0 Å². The van der Waals surface area contributed by atoms with Gasteiger partial charge in [-0.25, -0.2) is 0 Å². The number of aryl methyl sites for hydroxylation is 1. The topological polar surface area (TPSA) is 85.9 Å². The number of Topliss-reactive ketones (excluding diaryl/α,β-unsaturated/α-hetero) is 1. The van der Waals surface area contributed by atoms with Gasteiger partial charge in [-0.2, -0.15) is 0 Å². The van der Waals surface area contributed by atoms with E-state index < -0.39 is 5.92 Å². The first kappa shape index (κ1) is 28.0. The zero-order valence-electron chi connectivity index (χ0n) is 24.2. The fourth-order valence-corrected chi connectivity index (χ4v) is 5.84. The highest BCUT2D eigenvalue weighted by Crippen LogP contribution is 2.46. The minimum Gasteiger partial charge on any atom is -0.494 e. The van der Waals surface area contributed by atoms with Crippen molar-refractivity contribution < 1.29 is 23.8 Å². The van der Waals surface area contributed by atoms with Crippen molar-refractivity contribution >= 4 is 17.4 Å². The van der Waals surface area contributed by atoms with Gasteiger partial charge in [-0.1, -0.05) is 36.4 Å². The van der Waals surface area contributed by atoms with Crippen LogP contribution in [0, 0.1) is 6.92 Å². The second-order valence-electron chi connectivity index (χ2n) is 10.4. The van der Waals surface area contributed by atoms with E-state index in [1.165, 1.54) is 0 Å². The minimum absolute atomic E-state index is 0.0195. The summed E-state index contributed by atoms with van der Waals surface area (Å²) in [5.41, 5.74) is 6.35. The van der Waals surface area contributed by atoms with Crippen LogP contribution in [-0.4, -0.2) is 32.5 Å². The van der Waals surface area contributed by atoms with E-state index >= 15 is 0 Å². The predicted octanol–water partition coefficient (Wildman–Crippen LogP) is 6.41. The number of dihydropyridines is 1. The Kier molecular flexibility index (Phi) is 8.15. The standard InChI is InChI=1S/C34H36N2O5/c1-6-41-25-14-11-22(12-15-25)32-31(34(38)36-26-10-8-7-9-20(26)2)21(3)35-27-17-24(18-28(37)33(27)32)23-13-16-29(39-4)30(19-23)40-5/h7-16,19,24,32,35H,6,17-18H2,1-5H3,(H,36,38)/t24-,32+/m0/s1. The third-order valence-corrected chi connectivity index (χ3v) is 7.87. The van der Waals surface area contributed by atoms with Gasteiger partial charge in [-0.15, -0.1) is 0 Å². The molecule has 7 heteroatoms. The number of nitrogens with one attached hydrogen (secondary N) is 2. The lowest BCUT2D eigenvalue weighted by molar-refractivity contribution is -0.116. The molecule has 7 nitrogen and oxygen atoms in total. The summed E-state index contributed by atoms with van der Waals surface area (Å²) in [6.07, 6.45) is 0.962. The van der Waals surface area contributed by atoms with Crippen LogP contribution in [0.2, 0.25) is 0 Å². The average Bonchev–Trinajstić information content (AvgIpc) is 2.97. The monoisotopic (exact) mass is 552 g/mol. The zero-order chi connectivity index (χ0) is 29.1. The number of rotatable bonds is 8. The second-order valence-corrected chi connectivity index (χ2v) is 10.4. The Balaban J connectivity index is 1.55. The van der Waals surface area contributed by atoms with Crippen LogP contribution in [0.3, 0.4) is 0 Å². The Morgan fingerprint density at radius 2 is 1.63 bits per heavy atom. The first-order chi connectivity index (χ1) is 19.8. The minimum atomic E-state index is -0.509. The van der Waals surface area contributed by atoms with Crippen molar-refractivity contribution in [3.63, 3.8) is 0 Å². The lowest BCUT2D eigenvalue weighted by atomic mass is 9.71. The highest BCUT2D eigenvalue weighted by molar-refractivity contribution is 6.10. The maximum Gasteiger partial charge on any atom is 0.254 e. The van der Waals surface area contributed by atoms with E-state index in [1.54, 1.807) is 14.2 Å². The molecule has 0 radical (unpaired) electrons. The smallest absolute Gasteiger partial charge is 0.254 e. The van der Waals surface area contributed by atoms with Gasteiger partial charge in [-0.3, -0.25) is 9.59 Å². The molecule has 0 unspecified atom stereocenters. The number of hydrogen-bond donors (Lipinski definition) is 2. The second kappa shape index (κ2) is 11.9. The predicted molar refractivity (Wildman–Crippen MR) is 160 cm³/mol. The number of para-hydroxylation sites is 1. The number of hydrogen-bond acceptors (Lipinski definition) is 6. The number of carbonyl (C=O) groups excluding carboxylic acids is 2. The van der Waals surface area contributed by atoms with Crippen LogP contribution >= 0.6 is 0 Å². The molecule has 2 aliphatic rings. The van der Waals surface area contributed by atoms with E-state index in [9.17, 15) is 9.59 Å². The van der Waals surface area contributed by atoms with Gasteiger partial charge in [0.2, 0.25) is 0 Å². The van der Waals surface area contributed by atoms with E-state index in [2.05, 4.69) is 10.6 Å². The summed E-state index contributed by atoms with van der Waals surface area (Å²) < 4.78 is 16.6. The van der Waals surface area contributed by atoms with E-state index in [0.29, 0.717) is 42.1 Å². The van der Waals surface area contributed by atoms with Crippen LogP contribution in [-0.2, 0) is 9.59 Å². The number of amides is 1. The van der Waals surface area contributed by atoms with Gasteiger partial charge in [0.15, 0.2) is 17.3 Å². The molecule has 212 valence electrons. The fourth-order valence-electron chi connectivity index (χ4n) is 5.84. The van der Waals surface area contributed by atoms with E-state index in [-0.39, 0.29) is 17.6 Å². The molecule has 1 aliphatic heterocycles. The Morgan fingerprint density at radius 1 is 0.927 bits per heavy atom. The normalized spacial score (nSPS) is 18.4. The third-order valence-electron chi connectivity index (χ3n) is 7.87. The molecule has 3 aromatic carbocycles. The van der Waals surface area contributed by atoms with Crippen molar-refractivity contribution in [2.75, 3.05) is 26.1 Å². The molecule has 1 heterocycles. The lowest BCUT2D eigenvalue weighted by Gasteiger charge is -2.37. The van der Waals surface area contributed by atoms with Crippen molar-refractivity contribution in [1.29, 1.82) is 0 Å². The molecular formula is C34H36N2O5. The summed E-state index contributed by atoms with van der Waals surface area (Å²) in [4.78, 5) is 27.9. The van der Waals surface area contributed by atoms with Gasteiger partial charge in [0.05, 0.1) is 20.8 Å².